The fraction of sp³-hybridized carbons (Fsp3) is 0.917. The van der Waals surface area contributed by atoms with Crippen LogP contribution in [0.15, 0.2) is 0 Å². The summed E-state index contributed by atoms with van der Waals surface area (Å²) < 4.78 is 5.04. The van der Waals surface area contributed by atoms with Crippen molar-refractivity contribution in [3.8, 4) is 0 Å². The molecule has 0 amide bonds. The van der Waals surface area contributed by atoms with Crippen molar-refractivity contribution in [2.75, 3.05) is 27.2 Å². The van der Waals surface area contributed by atoms with E-state index in [0.29, 0.717) is 13.2 Å². The molecule has 0 aromatic carbocycles. The van der Waals surface area contributed by atoms with Crippen molar-refractivity contribution in [3.63, 3.8) is 0 Å². The summed E-state index contributed by atoms with van der Waals surface area (Å²) in [5.41, 5.74) is 0.0575. The minimum atomic E-state index is -0.157. The zero-order valence-corrected chi connectivity index (χ0v) is 11.4. The fourth-order valence-electron chi connectivity index (χ4n) is 0.601. The zero-order valence-electron chi connectivity index (χ0n) is 11.4. The Kier molecular flexibility index (Phi) is 9.79. The molecule has 0 aromatic rings. The summed E-state index contributed by atoms with van der Waals surface area (Å²) >= 11 is 0. The molecule has 0 saturated carbocycles. The third kappa shape index (κ3) is 19.7. The number of ether oxygens (including phenoxy) is 1. The molecule has 0 radical (unpaired) electrons. The maximum atomic E-state index is 11.0. The van der Waals surface area contributed by atoms with Gasteiger partial charge in [0.1, 0.15) is 0 Å². The highest BCUT2D eigenvalue weighted by atomic mass is 16.5. The number of esters is 1. The van der Waals surface area contributed by atoms with Crippen molar-refractivity contribution in [1.82, 2.24) is 4.90 Å². The van der Waals surface area contributed by atoms with Gasteiger partial charge in [0.25, 0.3) is 0 Å². The Hall–Kier alpha value is -0.570. The van der Waals surface area contributed by atoms with Crippen LogP contribution in [0.25, 0.3) is 0 Å². The number of carbonyl (C=O) groups is 1. The molecule has 0 saturated heterocycles. The Labute approximate surface area is 94.8 Å². The molecule has 0 N–H and O–H groups in total. The van der Waals surface area contributed by atoms with Crippen LogP contribution in [0.3, 0.4) is 0 Å². The van der Waals surface area contributed by atoms with Gasteiger partial charge in [-0.25, -0.2) is 0 Å². The van der Waals surface area contributed by atoms with E-state index < -0.39 is 0 Å². The Morgan fingerprint density at radius 2 is 1.60 bits per heavy atom. The average Bonchev–Trinajstić information content (AvgIpc) is 2.00. The van der Waals surface area contributed by atoms with E-state index in [1.54, 1.807) is 4.90 Å². The average molecular weight is 217 g/mol. The van der Waals surface area contributed by atoms with E-state index in [1.807, 2.05) is 34.9 Å². The van der Waals surface area contributed by atoms with Crippen molar-refractivity contribution in [2.45, 2.75) is 41.0 Å². The Morgan fingerprint density at radius 1 is 1.20 bits per heavy atom. The minimum absolute atomic E-state index is 0.0575. The predicted molar refractivity (Wildman–Crippen MR) is 64.9 cm³/mol. The summed E-state index contributed by atoms with van der Waals surface area (Å²) in [6.07, 6.45) is 1.25. The largest absolute Gasteiger partial charge is 0.464 e. The standard InChI is InChI=1S/C9H19NO2.C3H8/c1-9(2,3)7-12-8(11)6-10(4)5;1-3-2/h6-7H2,1-5H3;3H2,1-2H3. The van der Waals surface area contributed by atoms with Crippen LogP contribution in [0.1, 0.15) is 41.0 Å². The van der Waals surface area contributed by atoms with Crippen LogP contribution in [0.4, 0.5) is 0 Å². The van der Waals surface area contributed by atoms with Crippen molar-refractivity contribution in [2.24, 2.45) is 5.41 Å². The van der Waals surface area contributed by atoms with Crippen LogP contribution in [-0.2, 0) is 9.53 Å². The second-order valence-corrected chi connectivity index (χ2v) is 5.17. The highest BCUT2D eigenvalue weighted by Crippen LogP contribution is 2.12. The number of likely N-dealkylation sites (N-methyl/N-ethyl adjacent to an activating group) is 1. The fourth-order valence-corrected chi connectivity index (χ4v) is 0.601. The Morgan fingerprint density at radius 3 is 1.87 bits per heavy atom. The van der Waals surface area contributed by atoms with Crippen molar-refractivity contribution in [3.05, 3.63) is 0 Å². The molecule has 0 spiro atoms. The van der Waals surface area contributed by atoms with E-state index in [4.69, 9.17) is 4.74 Å². The molecule has 0 atom stereocenters. The molecule has 0 heterocycles. The van der Waals surface area contributed by atoms with E-state index in [9.17, 15) is 4.79 Å². The quantitative estimate of drug-likeness (QED) is 0.680. The monoisotopic (exact) mass is 217 g/mol. The van der Waals surface area contributed by atoms with Crippen molar-refractivity contribution >= 4 is 5.97 Å². The highest BCUT2D eigenvalue weighted by Gasteiger charge is 2.13. The lowest BCUT2D eigenvalue weighted by molar-refractivity contribution is -0.147. The molecular formula is C12H27NO2. The molecule has 0 fully saturated rings. The smallest absolute Gasteiger partial charge is 0.320 e. The number of hydrogen-bond donors (Lipinski definition) is 0. The minimum Gasteiger partial charge on any atom is -0.464 e. The summed E-state index contributed by atoms with van der Waals surface area (Å²) in [6.45, 7) is 11.2. The number of hydrogen-bond acceptors (Lipinski definition) is 3. The van der Waals surface area contributed by atoms with Gasteiger partial charge in [0.15, 0.2) is 0 Å². The molecule has 15 heavy (non-hydrogen) atoms. The molecule has 0 bridgehead atoms. The summed E-state index contributed by atoms with van der Waals surface area (Å²) in [6, 6.07) is 0. The van der Waals surface area contributed by atoms with Gasteiger partial charge in [-0.1, -0.05) is 41.0 Å². The molecule has 0 aliphatic carbocycles. The van der Waals surface area contributed by atoms with Crippen molar-refractivity contribution < 1.29 is 9.53 Å². The van der Waals surface area contributed by atoms with E-state index in [-0.39, 0.29) is 11.4 Å². The summed E-state index contributed by atoms with van der Waals surface area (Å²) in [7, 11) is 3.69. The number of carbonyl (C=O) groups excluding carboxylic acids is 1. The Balaban J connectivity index is 0. The highest BCUT2D eigenvalue weighted by molar-refractivity contribution is 5.71. The SMILES string of the molecule is CCC.CN(C)CC(=O)OCC(C)(C)C. The third-order valence-electron chi connectivity index (χ3n) is 1.11. The van der Waals surface area contributed by atoms with Gasteiger partial charge in [-0.05, 0) is 19.5 Å². The lowest BCUT2D eigenvalue weighted by atomic mass is 9.99. The van der Waals surface area contributed by atoms with Crippen LogP contribution < -0.4 is 0 Å². The van der Waals surface area contributed by atoms with Gasteiger partial charge in [0.05, 0.1) is 13.2 Å². The Bertz CT molecular complexity index is 159. The van der Waals surface area contributed by atoms with Crippen LogP contribution >= 0.6 is 0 Å². The van der Waals surface area contributed by atoms with E-state index in [1.165, 1.54) is 6.42 Å². The first kappa shape index (κ1) is 16.8. The maximum absolute atomic E-state index is 11.0. The maximum Gasteiger partial charge on any atom is 0.320 e. The lowest BCUT2D eigenvalue weighted by Gasteiger charge is -2.18. The summed E-state index contributed by atoms with van der Waals surface area (Å²) in [4.78, 5) is 12.8. The van der Waals surface area contributed by atoms with E-state index >= 15 is 0 Å². The molecule has 0 rings (SSSR count). The summed E-state index contributed by atoms with van der Waals surface area (Å²) in [5.74, 6) is -0.157. The van der Waals surface area contributed by atoms with Gasteiger partial charge in [-0.15, -0.1) is 0 Å². The van der Waals surface area contributed by atoms with Crippen LogP contribution in [-0.4, -0.2) is 38.1 Å². The first-order valence-corrected chi connectivity index (χ1v) is 5.53. The number of nitrogens with zero attached hydrogens (tertiary/aromatic N) is 1. The topological polar surface area (TPSA) is 29.5 Å². The van der Waals surface area contributed by atoms with Crippen LogP contribution in [0.2, 0.25) is 0 Å². The van der Waals surface area contributed by atoms with Gasteiger partial charge in [-0.2, -0.15) is 0 Å². The second-order valence-electron chi connectivity index (χ2n) is 5.17. The predicted octanol–water partition coefficient (Wildman–Crippen LogP) is 2.55. The lowest BCUT2D eigenvalue weighted by Crippen LogP contribution is -2.26. The molecule has 3 nitrogen and oxygen atoms in total. The molecule has 0 unspecified atom stereocenters. The van der Waals surface area contributed by atoms with Crippen LogP contribution in [0, 0.1) is 5.41 Å². The molecule has 92 valence electrons. The van der Waals surface area contributed by atoms with Crippen molar-refractivity contribution in [1.29, 1.82) is 0 Å². The second kappa shape index (κ2) is 8.72. The van der Waals surface area contributed by atoms with Gasteiger partial charge in [0, 0.05) is 0 Å². The van der Waals surface area contributed by atoms with Crippen LogP contribution in [0.5, 0.6) is 0 Å². The normalized spacial score (nSPS) is 10.7. The molecule has 0 aliphatic rings. The van der Waals surface area contributed by atoms with Gasteiger partial charge in [0.2, 0.25) is 0 Å². The first-order chi connectivity index (χ1) is 6.72. The first-order valence-electron chi connectivity index (χ1n) is 5.53. The summed E-state index contributed by atoms with van der Waals surface area (Å²) in [5, 5.41) is 0. The van der Waals surface area contributed by atoms with Gasteiger partial charge in [-0.3, -0.25) is 9.69 Å². The molecule has 0 aliphatic heterocycles. The molecule has 3 heteroatoms. The number of rotatable bonds is 3. The van der Waals surface area contributed by atoms with Gasteiger partial charge >= 0.3 is 5.97 Å². The zero-order chi connectivity index (χ0) is 12.5. The van der Waals surface area contributed by atoms with E-state index in [0.717, 1.165) is 0 Å². The van der Waals surface area contributed by atoms with E-state index in [2.05, 4.69) is 13.8 Å². The molecule has 0 aromatic heterocycles. The molecular weight excluding hydrogens is 190 g/mol. The third-order valence-corrected chi connectivity index (χ3v) is 1.11. The van der Waals surface area contributed by atoms with Gasteiger partial charge < -0.3 is 4.74 Å².